The molecule has 2 fully saturated rings. The van der Waals surface area contributed by atoms with Crippen LogP contribution >= 0.6 is 0 Å². The Labute approximate surface area is 195 Å². The molecule has 0 spiro atoms. The van der Waals surface area contributed by atoms with Crippen molar-refractivity contribution < 1.29 is 37.1 Å². The molecule has 1 saturated heterocycles. The molecule has 1 saturated carbocycles. The van der Waals surface area contributed by atoms with Gasteiger partial charge in [-0.1, -0.05) is 12.8 Å². The standard InChI is InChI=1S/C23H28F3N3O5/c1-14(19(30)28-22(33)27-18-4-2-3-5-18)34-21(32)16-10-12-29(13-11-16)20(31)15-6-8-17(9-7-15)23(24,25)26/h6-9,14,16,18H,2-5,10-13H2,1H3,(H2,27,28,30,33). The van der Waals surface area contributed by atoms with Gasteiger partial charge in [-0.2, -0.15) is 13.2 Å². The number of carbonyl (C=O) groups is 4. The Morgan fingerprint density at radius 1 is 1.00 bits per heavy atom. The predicted molar refractivity (Wildman–Crippen MR) is 115 cm³/mol. The maximum atomic E-state index is 12.7. The van der Waals surface area contributed by atoms with Gasteiger partial charge in [0.1, 0.15) is 0 Å². The van der Waals surface area contributed by atoms with Crippen molar-refractivity contribution in [2.24, 2.45) is 5.92 Å². The van der Waals surface area contributed by atoms with Crippen LogP contribution in [0.25, 0.3) is 0 Å². The number of amides is 4. The Bertz CT molecular complexity index is 905. The smallest absolute Gasteiger partial charge is 0.416 e. The first-order valence-corrected chi connectivity index (χ1v) is 11.3. The largest absolute Gasteiger partial charge is 0.452 e. The van der Waals surface area contributed by atoms with E-state index in [1.807, 2.05) is 0 Å². The first kappa shape index (κ1) is 25.5. The van der Waals surface area contributed by atoms with Crippen LogP contribution in [0.2, 0.25) is 0 Å². The molecule has 1 aliphatic heterocycles. The van der Waals surface area contributed by atoms with Crippen molar-refractivity contribution in [1.29, 1.82) is 0 Å². The quantitative estimate of drug-likeness (QED) is 0.626. The second kappa shape index (κ2) is 10.9. The van der Waals surface area contributed by atoms with Crippen molar-refractivity contribution in [3.63, 3.8) is 0 Å². The number of piperidine rings is 1. The van der Waals surface area contributed by atoms with E-state index in [4.69, 9.17) is 4.74 Å². The fourth-order valence-corrected chi connectivity index (χ4v) is 4.13. The van der Waals surface area contributed by atoms with Gasteiger partial charge >= 0.3 is 18.2 Å². The predicted octanol–water partition coefficient (Wildman–Crippen LogP) is 3.26. The van der Waals surface area contributed by atoms with Gasteiger partial charge in [-0.05, 0) is 56.9 Å². The number of hydrogen-bond donors (Lipinski definition) is 2. The molecule has 186 valence electrons. The molecular weight excluding hydrogens is 455 g/mol. The summed E-state index contributed by atoms with van der Waals surface area (Å²) in [5.74, 6) is -2.26. The molecule has 1 aromatic rings. The van der Waals surface area contributed by atoms with Crippen LogP contribution in [-0.4, -0.2) is 54.0 Å². The lowest BCUT2D eigenvalue weighted by Crippen LogP contribution is -2.48. The summed E-state index contributed by atoms with van der Waals surface area (Å²) >= 11 is 0. The third-order valence-electron chi connectivity index (χ3n) is 6.16. The summed E-state index contributed by atoms with van der Waals surface area (Å²) in [5, 5.41) is 4.89. The molecule has 2 aliphatic rings. The molecule has 1 aromatic carbocycles. The van der Waals surface area contributed by atoms with Crippen molar-refractivity contribution in [3.05, 3.63) is 35.4 Å². The van der Waals surface area contributed by atoms with Crippen LogP contribution < -0.4 is 10.6 Å². The first-order valence-electron chi connectivity index (χ1n) is 11.3. The third kappa shape index (κ3) is 6.71. The maximum Gasteiger partial charge on any atom is 0.416 e. The minimum Gasteiger partial charge on any atom is -0.452 e. The lowest BCUT2D eigenvalue weighted by Gasteiger charge is -2.31. The zero-order chi connectivity index (χ0) is 24.9. The number of nitrogens with one attached hydrogen (secondary N) is 2. The van der Waals surface area contributed by atoms with Gasteiger partial charge in [-0.15, -0.1) is 0 Å². The van der Waals surface area contributed by atoms with E-state index >= 15 is 0 Å². The van der Waals surface area contributed by atoms with Crippen molar-refractivity contribution in [2.45, 2.75) is 63.8 Å². The van der Waals surface area contributed by atoms with Crippen LogP contribution in [0.5, 0.6) is 0 Å². The summed E-state index contributed by atoms with van der Waals surface area (Å²) in [6.45, 7) is 1.83. The van der Waals surface area contributed by atoms with E-state index in [1.165, 1.54) is 11.8 Å². The van der Waals surface area contributed by atoms with E-state index < -0.39 is 47.6 Å². The van der Waals surface area contributed by atoms with Gasteiger partial charge in [-0.3, -0.25) is 19.7 Å². The lowest BCUT2D eigenvalue weighted by molar-refractivity contribution is -0.159. The summed E-state index contributed by atoms with van der Waals surface area (Å²) in [6.07, 6.45) is -1.26. The molecule has 3 rings (SSSR count). The lowest BCUT2D eigenvalue weighted by atomic mass is 9.96. The fraction of sp³-hybridized carbons (Fsp3) is 0.565. The highest BCUT2D eigenvalue weighted by atomic mass is 19.4. The topological polar surface area (TPSA) is 105 Å². The molecule has 1 atom stereocenters. The number of imide groups is 1. The maximum absolute atomic E-state index is 12.7. The fourth-order valence-electron chi connectivity index (χ4n) is 4.13. The minimum atomic E-state index is -4.48. The molecule has 4 amide bonds. The van der Waals surface area contributed by atoms with Crippen molar-refractivity contribution in [3.8, 4) is 0 Å². The molecule has 1 heterocycles. The molecule has 0 aromatic heterocycles. The zero-order valence-corrected chi connectivity index (χ0v) is 18.8. The number of halogens is 3. The van der Waals surface area contributed by atoms with E-state index in [2.05, 4.69) is 10.6 Å². The van der Waals surface area contributed by atoms with Crippen LogP contribution in [0.15, 0.2) is 24.3 Å². The molecule has 34 heavy (non-hydrogen) atoms. The Balaban J connectivity index is 1.43. The highest BCUT2D eigenvalue weighted by molar-refractivity contribution is 5.97. The van der Waals surface area contributed by atoms with Gasteiger partial charge in [0, 0.05) is 24.7 Å². The summed E-state index contributed by atoms with van der Waals surface area (Å²) < 4.78 is 43.3. The Morgan fingerprint density at radius 2 is 1.59 bits per heavy atom. The number of alkyl halides is 3. The Kier molecular flexibility index (Phi) is 8.16. The number of rotatable bonds is 5. The normalized spacial score (nSPS) is 18.3. The average Bonchev–Trinajstić information content (AvgIpc) is 3.31. The number of nitrogens with zero attached hydrogens (tertiary/aromatic N) is 1. The molecule has 11 heteroatoms. The molecular formula is C23H28F3N3O5. The molecule has 8 nitrogen and oxygen atoms in total. The number of likely N-dealkylation sites (tertiary alicyclic amines) is 1. The van der Waals surface area contributed by atoms with E-state index in [9.17, 15) is 32.3 Å². The molecule has 1 aliphatic carbocycles. The summed E-state index contributed by atoms with van der Waals surface area (Å²) in [4.78, 5) is 50.5. The summed E-state index contributed by atoms with van der Waals surface area (Å²) in [5.41, 5.74) is -0.699. The molecule has 2 N–H and O–H groups in total. The zero-order valence-electron chi connectivity index (χ0n) is 18.8. The van der Waals surface area contributed by atoms with Gasteiger partial charge < -0.3 is 15.0 Å². The second-order valence-corrected chi connectivity index (χ2v) is 8.66. The van der Waals surface area contributed by atoms with Crippen molar-refractivity contribution >= 4 is 23.8 Å². The van der Waals surface area contributed by atoms with Crippen LogP contribution in [0.1, 0.15) is 61.4 Å². The van der Waals surface area contributed by atoms with Crippen LogP contribution in [0, 0.1) is 5.92 Å². The van der Waals surface area contributed by atoms with Gasteiger partial charge in [-0.25, -0.2) is 4.79 Å². The molecule has 0 bridgehead atoms. The van der Waals surface area contributed by atoms with E-state index in [0.29, 0.717) is 12.8 Å². The van der Waals surface area contributed by atoms with E-state index in [-0.39, 0.29) is 24.7 Å². The highest BCUT2D eigenvalue weighted by Gasteiger charge is 2.33. The second-order valence-electron chi connectivity index (χ2n) is 8.66. The SMILES string of the molecule is CC(OC(=O)C1CCN(C(=O)c2ccc(C(F)(F)F)cc2)CC1)C(=O)NC(=O)NC1CCCC1. The average molecular weight is 483 g/mol. The number of hydrogen-bond acceptors (Lipinski definition) is 5. The van der Waals surface area contributed by atoms with Crippen molar-refractivity contribution in [1.82, 2.24) is 15.5 Å². The van der Waals surface area contributed by atoms with Crippen LogP contribution in [0.4, 0.5) is 18.0 Å². The Morgan fingerprint density at radius 3 is 2.15 bits per heavy atom. The van der Waals surface area contributed by atoms with E-state index in [0.717, 1.165) is 49.9 Å². The summed E-state index contributed by atoms with van der Waals surface area (Å²) in [7, 11) is 0. The van der Waals surface area contributed by atoms with Crippen LogP contribution in [0.3, 0.4) is 0 Å². The highest BCUT2D eigenvalue weighted by Crippen LogP contribution is 2.29. The molecule has 0 radical (unpaired) electrons. The van der Waals surface area contributed by atoms with E-state index in [1.54, 1.807) is 0 Å². The van der Waals surface area contributed by atoms with Gasteiger partial charge in [0.2, 0.25) is 0 Å². The minimum absolute atomic E-state index is 0.0427. The van der Waals surface area contributed by atoms with Crippen molar-refractivity contribution in [2.75, 3.05) is 13.1 Å². The monoisotopic (exact) mass is 483 g/mol. The first-order chi connectivity index (χ1) is 16.0. The number of carbonyl (C=O) groups excluding carboxylic acids is 4. The number of benzene rings is 1. The third-order valence-corrected chi connectivity index (χ3v) is 6.16. The number of urea groups is 1. The van der Waals surface area contributed by atoms with Gasteiger partial charge in [0.05, 0.1) is 11.5 Å². The van der Waals surface area contributed by atoms with Gasteiger partial charge in [0.25, 0.3) is 11.8 Å². The number of ether oxygens (including phenoxy) is 1. The Hall–Kier alpha value is -3.11. The summed E-state index contributed by atoms with van der Waals surface area (Å²) in [6, 6.07) is 3.41. The molecule has 1 unspecified atom stereocenters. The number of esters is 1. The van der Waals surface area contributed by atoms with Crippen LogP contribution in [-0.2, 0) is 20.5 Å². The van der Waals surface area contributed by atoms with Gasteiger partial charge in [0.15, 0.2) is 6.10 Å².